The predicted octanol–water partition coefficient (Wildman–Crippen LogP) is 9.08. The maximum absolute atomic E-state index is 12.6. The lowest BCUT2D eigenvalue weighted by Gasteiger charge is -2.29. The summed E-state index contributed by atoms with van der Waals surface area (Å²) in [6.07, 6.45) is 20.4. The molecule has 0 aromatic carbocycles. The molecule has 41 heavy (non-hydrogen) atoms. The van der Waals surface area contributed by atoms with Crippen LogP contribution in [0, 0.1) is 0 Å². The lowest BCUT2D eigenvalue weighted by Crippen LogP contribution is -2.40. The van der Waals surface area contributed by atoms with E-state index in [1.807, 2.05) is 0 Å². The van der Waals surface area contributed by atoms with E-state index in [4.69, 9.17) is 14.6 Å². The average molecular weight is 585 g/mol. The Hall–Kier alpha value is -1.34. The van der Waals surface area contributed by atoms with Gasteiger partial charge in [0.05, 0.1) is 0 Å². The van der Waals surface area contributed by atoms with Crippen molar-refractivity contribution in [1.29, 1.82) is 0 Å². The summed E-state index contributed by atoms with van der Waals surface area (Å²) in [5.41, 5.74) is 0. The van der Waals surface area contributed by atoms with Gasteiger partial charge in [0.1, 0.15) is 12.7 Å². The standard InChI is InChI=1S/C34H68N2O5/c1-6-9-10-11-12-13-14-15-18-21-24-32(25-22-19-16-17-20-23-26-33(37)38)41-34(39)40-30-29-36(31(4)5)28-27-35(7-2)8-3/h31-32H,6-30H2,1-5H3,(H,37,38). The Labute approximate surface area is 254 Å². The Kier molecular flexibility index (Phi) is 27.8. The molecule has 1 atom stereocenters. The Bertz CT molecular complexity index is 598. The fourth-order valence-electron chi connectivity index (χ4n) is 5.33. The highest BCUT2D eigenvalue weighted by Crippen LogP contribution is 2.18. The number of hydrogen-bond donors (Lipinski definition) is 1. The summed E-state index contributed by atoms with van der Waals surface area (Å²) < 4.78 is 11.4. The van der Waals surface area contributed by atoms with Crippen LogP contribution in [0.5, 0.6) is 0 Å². The van der Waals surface area contributed by atoms with Gasteiger partial charge < -0.3 is 19.5 Å². The monoisotopic (exact) mass is 585 g/mol. The van der Waals surface area contributed by atoms with Gasteiger partial charge in [-0.25, -0.2) is 4.79 Å². The van der Waals surface area contributed by atoms with Gasteiger partial charge in [-0.3, -0.25) is 9.69 Å². The van der Waals surface area contributed by atoms with E-state index < -0.39 is 12.1 Å². The van der Waals surface area contributed by atoms with Crippen molar-refractivity contribution in [1.82, 2.24) is 9.80 Å². The second kappa shape index (κ2) is 28.8. The molecule has 0 saturated heterocycles. The summed E-state index contributed by atoms with van der Waals surface area (Å²) in [4.78, 5) is 28.0. The van der Waals surface area contributed by atoms with Crippen LogP contribution in [-0.4, -0.2) is 78.5 Å². The second-order valence-corrected chi connectivity index (χ2v) is 12.0. The van der Waals surface area contributed by atoms with Crippen LogP contribution >= 0.6 is 0 Å². The van der Waals surface area contributed by atoms with Crippen molar-refractivity contribution < 1.29 is 24.2 Å². The van der Waals surface area contributed by atoms with Gasteiger partial charge in [0.25, 0.3) is 0 Å². The number of carboxylic acids is 1. The fraction of sp³-hybridized carbons (Fsp3) is 0.941. The first kappa shape index (κ1) is 39.7. The highest BCUT2D eigenvalue weighted by Gasteiger charge is 2.17. The van der Waals surface area contributed by atoms with Gasteiger partial charge >= 0.3 is 12.1 Å². The molecule has 0 bridgehead atoms. The van der Waals surface area contributed by atoms with Crippen LogP contribution in [0.1, 0.15) is 157 Å². The van der Waals surface area contributed by atoms with Crippen molar-refractivity contribution in [3.05, 3.63) is 0 Å². The van der Waals surface area contributed by atoms with E-state index in [0.29, 0.717) is 12.6 Å². The van der Waals surface area contributed by atoms with Crippen molar-refractivity contribution in [2.24, 2.45) is 0 Å². The molecule has 0 heterocycles. The smallest absolute Gasteiger partial charge is 0.481 e. The van der Waals surface area contributed by atoms with Crippen LogP contribution in [0.3, 0.4) is 0 Å². The number of rotatable bonds is 30. The molecule has 7 heteroatoms. The molecular weight excluding hydrogens is 516 g/mol. The van der Waals surface area contributed by atoms with Crippen LogP contribution in [0.25, 0.3) is 0 Å². The van der Waals surface area contributed by atoms with E-state index in [2.05, 4.69) is 44.4 Å². The molecule has 0 aliphatic carbocycles. The molecule has 1 unspecified atom stereocenters. The third-order valence-electron chi connectivity index (χ3n) is 8.24. The molecule has 0 amide bonds. The van der Waals surface area contributed by atoms with E-state index >= 15 is 0 Å². The quantitative estimate of drug-likeness (QED) is 0.0666. The van der Waals surface area contributed by atoms with Crippen LogP contribution in [0.15, 0.2) is 0 Å². The zero-order chi connectivity index (χ0) is 30.6. The van der Waals surface area contributed by atoms with E-state index in [9.17, 15) is 9.59 Å². The Balaban J connectivity index is 4.43. The van der Waals surface area contributed by atoms with Crippen molar-refractivity contribution in [3.63, 3.8) is 0 Å². The van der Waals surface area contributed by atoms with E-state index in [1.54, 1.807) is 0 Å². The topological polar surface area (TPSA) is 79.3 Å². The van der Waals surface area contributed by atoms with Crippen molar-refractivity contribution in [2.45, 2.75) is 169 Å². The van der Waals surface area contributed by atoms with Crippen molar-refractivity contribution in [3.8, 4) is 0 Å². The van der Waals surface area contributed by atoms with Crippen molar-refractivity contribution in [2.75, 3.05) is 39.3 Å². The molecule has 0 fully saturated rings. The number of unbranched alkanes of at least 4 members (excludes halogenated alkanes) is 14. The predicted molar refractivity (Wildman–Crippen MR) is 172 cm³/mol. The first-order valence-electron chi connectivity index (χ1n) is 17.3. The molecule has 7 nitrogen and oxygen atoms in total. The van der Waals surface area contributed by atoms with Gasteiger partial charge in [-0.2, -0.15) is 0 Å². The fourth-order valence-corrected chi connectivity index (χ4v) is 5.33. The lowest BCUT2D eigenvalue weighted by atomic mass is 10.0. The van der Waals surface area contributed by atoms with Gasteiger partial charge in [-0.15, -0.1) is 0 Å². The normalized spacial score (nSPS) is 12.4. The highest BCUT2D eigenvalue weighted by molar-refractivity contribution is 5.66. The van der Waals surface area contributed by atoms with E-state index in [1.165, 1.54) is 57.8 Å². The molecule has 0 spiro atoms. The minimum Gasteiger partial charge on any atom is -0.481 e. The summed E-state index contributed by atoms with van der Waals surface area (Å²) in [5, 5.41) is 8.77. The molecule has 0 saturated carbocycles. The molecule has 0 aromatic heterocycles. The molecular formula is C34H68N2O5. The van der Waals surface area contributed by atoms with Gasteiger partial charge in [-0.05, 0) is 59.0 Å². The SMILES string of the molecule is CCCCCCCCCCCCC(CCCCCCCCC(=O)O)OC(=O)OCCN(CCN(CC)CC)C(C)C. The van der Waals surface area contributed by atoms with Crippen molar-refractivity contribution >= 4 is 12.1 Å². The molecule has 0 rings (SSSR count). The molecule has 1 N–H and O–H groups in total. The van der Waals surface area contributed by atoms with Gasteiger partial charge in [0.15, 0.2) is 0 Å². The van der Waals surface area contributed by atoms with E-state index in [0.717, 1.165) is 90.5 Å². The third-order valence-corrected chi connectivity index (χ3v) is 8.24. The van der Waals surface area contributed by atoms with Gasteiger partial charge in [-0.1, -0.05) is 104 Å². The average Bonchev–Trinajstić information content (AvgIpc) is 2.94. The minimum absolute atomic E-state index is 0.0765. The third kappa shape index (κ3) is 26.1. The molecule has 0 aromatic rings. The lowest BCUT2D eigenvalue weighted by molar-refractivity contribution is -0.137. The zero-order valence-corrected chi connectivity index (χ0v) is 27.8. The maximum atomic E-state index is 12.6. The Morgan fingerprint density at radius 1 is 0.659 bits per heavy atom. The molecule has 0 aliphatic rings. The second-order valence-electron chi connectivity index (χ2n) is 12.0. The number of nitrogens with zero attached hydrogens (tertiary/aromatic N) is 2. The molecule has 244 valence electrons. The number of carboxylic acid groups (broad SMARTS) is 1. The largest absolute Gasteiger partial charge is 0.508 e. The number of carbonyl (C=O) groups excluding carboxylic acids is 1. The summed E-state index contributed by atoms with van der Waals surface area (Å²) in [5.74, 6) is -0.708. The molecule has 0 radical (unpaired) electrons. The Morgan fingerprint density at radius 3 is 1.61 bits per heavy atom. The number of hydrogen-bond acceptors (Lipinski definition) is 6. The summed E-state index contributed by atoms with van der Waals surface area (Å²) in [6.45, 7) is 16.2. The number of ether oxygens (including phenoxy) is 2. The van der Waals surface area contributed by atoms with Crippen LogP contribution < -0.4 is 0 Å². The first-order valence-corrected chi connectivity index (χ1v) is 17.3. The van der Waals surface area contributed by atoms with Crippen LogP contribution in [0.4, 0.5) is 4.79 Å². The van der Waals surface area contributed by atoms with Crippen LogP contribution in [0.2, 0.25) is 0 Å². The first-order chi connectivity index (χ1) is 19.8. The summed E-state index contributed by atoms with van der Waals surface area (Å²) >= 11 is 0. The van der Waals surface area contributed by atoms with Crippen LogP contribution in [-0.2, 0) is 14.3 Å². The Morgan fingerprint density at radius 2 is 1.15 bits per heavy atom. The summed E-state index contributed by atoms with van der Waals surface area (Å²) in [6, 6.07) is 0.401. The van der Waals surface area contributed by atoms with Gasteiger partial charge in [0.2, 0.25) is 0 Å². The maximum Gasteiger partial charge on any atom is 0.508 e. The highest BCUT2D eigenvalue weighted by atomic mass is 16.7. The minimum atomic E-state index is -0.708. The van der Waals surface area contributed by atoms with E-state index in [-0.39, 0.29) is 12.5 Å². The number of aliphatic carboxylic acids is 1. The zero-order valence-electron chi connectivity index (χ0n) is 27.8. The number of carbonyl (C=O) groups is 2. The van der Waals surface area contributed by atoms with Gasteiger partial charge in [0, 0.05) is 32.1 Å². The molecule has 0 aliphatic heterocycles. The number of likely N-dealkylation sites (N-methyl/N-ethyl adjacent to an activating group) is 1. The summed E-state index contributed by atoms with van der Waals surface area (Å²) in [7, 11) is 0.